The van der Waals surface area contributed by atoms with Crippen molar-refractivity contribution in [2.45, 2.75) is 6.10 Å². The highest BCUT2D eigenvalue weighted by molar-refractivity contribution is 5.93. The molecule has 0 aliphatic rings. The highest BCUT2D eigenvalue weighted by atomic mass is 16.4. The van der Waals surface area contributed by atoms with Crippen LogP contribution in [-0.2, 0) is 9.59 Å². The van der Waals surface area contributed by atoms with Crippen molar-refractivity contribution >= 4 is 11.9 Å². The number of carboxylic acid groups (broad SMARTS) is 1. The van der Waals surface area contributed by atoms with Gasteiger partial charge in [-0.15, -0.1) is 0 Å². The molecule has 1 unspecified atom stereocenters. The molecule has 1 aromatic rings. The van der Waals surface area contributed by atoms with Crippen LogP contribution in [0, 0.1) is 0 Å². The Hall–Kier alpha value is -2.34. The minimum absolute atomic E-state index is 0.00769. The molecule has 1 amide bonds. The van der Waals surface area contributed by atoms with Crippen molar-refractivity contribution in [1.29, 1.82) is 0 Å². The maximum absolute atomic E-state index is 11.5. The van der Waals surface area contributed by atoms with Gasteiger partial charge < -0.3 is 20.2 Å². The lowest BCUT2D eigenvalue weighted by Gasteiger charge is -2.19. The van der Waals surface area contributed by atoms with E-state index in [1.807, 2.05) is 0 Å². The molecule has 0 aromatic heterocycles. The normalized spacial score (nSPS) is 12.3. The van der Waals surface area contributed by atoms with Crippen molar-refractivity contribution in [3.8, 4) is 5.75 Å². The number of carbonyl (C=O) groups excluding carboxylic acids is 1. The van der Waals surface area contributed by atoms with E-state index in [1.165, 1.54) is 24.1 Å². The van der Waals surface area contributed by atoms with Crippen molar-refractivity contribution < 1.29 is 24.9 Å². The van der Waals surface area contributed by atoms with Crippen LogP contribution >= 0.6 is 0 Å². The van der Waals surface area contributed by atoms with Crippen molar-refractivity contribution in [3.05, 3.63) is 42.0 Å². The molecule has 0 aliphatic heterocycles. The van der Waals surface area contributed by atoms with Crippen molar-refractivity contribution in [1.82, 2.24) is 4.90 Å². The highest BCUT2D eigenvalue weighted by Crippen LogP contribution is 2.18. The molecule has 1 rings (SSSR count). The van der Waals surface area contributed by atoms with E-state index in [4.69, 9.17) is 5.11 Å². The van der Waals surface area contributed by atoms with E-state index in [0.717, 1.165) is 12.2 Å². The summed E-state index contributed by atoms with van der Waals surface area (Å²) in [6, 6.07) is 6.08. The van der Waals surface area contributed by atoms with Gasteiger partial charge in [0.2, 0.25) is 5.91 Å². The average Bonchev–Trinajstić information content (AvgIpc) is 2.35. The second-order valence-corrected chi connectivity index (χ2v) is 4.00. The molecular weight excluding hydrogens is 250 g/mol. The van der Waals surface area contributed by atoms with Crippen LogP contribution in [0.25, 0.3) is 0 Å². The fraction of sp³-hybridized carbons (Fsp3) is 0.231. The van der Waals surface area contributed by atoms with E-state index in [1.54, 1.807) is 12.1 Å². The molecule has 0 saturated heterocycles. The lowest BCUT2D eigenvalue weighted by molar-refractivity contribution is -0.132. The number of carbonyl (C=O) groups is 2. The first kappa shape index (κ1) is 14.7. The molecule has 3 N–H and O–H groups in total. The van der Waals surface area contributed by atoms with Gasteiger partial charge in [-0.05, 0) is 17.7 Å². The van der Waals surface area contributed by atoms with Gasteiger partial charge in [0.1, 0.15) is 5.75 Å². The number of aliphatic carboxylic acids is 1. The Morgan fingerprint density at radius 3 is 2.63 bits per heavy atom. The Morgan fingerprint density at radius 1 is 1.37 bits per heavy atom. The lowest BCUT2D eigenvalue weighted by atomic mass is 10.1. The SMILES string of the molecule is CN(CC(O)c1cccc(O)c1)C(=O)/C=C\C(=O)O. The number of aromatic hydroxyl groups is 1. The number of nitrogens with zero attached hydrogens (tertiary/aromatic N) is 1. The second kappa shape index (κ2) is 6.55. The number of benzene rings is 1. The van der Waals surface area contributed by atoms with Crippen LogP contribution in [-0.4, -0.2) is 45.7 Å². The Morgan fingerprint density at radius 2 is 2.05 bits per heavy atom. The summed E-state index contributed by atoms with van der Waals surface area (Å²) in [7, 11) is 1.44. The molecule has 0 fully saturated rings. The number of phenolic OH excluding ortho intramolecular Hbond substituents is 1. The summed E-state index contributed by atoms with van der Waals surface area (Å²) in [4.78, 5) is 23.0. The maximum Gasteiger partial charge on any atom is 0.328 e. The monoisotopic (exact) mass is 265 g/mol. The summed E-state index contributed by atoms with van der Waals surface area (Å²) in [5.41, 5.74) is 0.474. The summed E-state index contributed by atoms with van der Waals surface area (Å²) in [5, 5.41) is 27.6. The van der Waals surface area contributed by atoms with E-state index in [0.29, 0.717) is 5.56 Å². The standard InChI is InChI=1S/C13H15NO5/c1-14(12(17)5-6-13(18)19)8-11(16)9-3-2-4-10(15)7-9/h2-7,11,15-16H,8H2,1H3,(H,18,19)/b6-5-. The molecule has 1 atom stereocenters. The first-order valence-electron chi connectivity index (χ1n) is 5.53. The largest absolute Gasteiger partial charge is 0.508 e. The first-order chi connectivity index (χ1) is 8.90. The van der Waals surface area contributed by atoms with Crippen LogP contribution in [0.2, 0.25) is 0 Å². The summed E-state index contributed by atoms with van der Waals surface area (Å²) in [5.74, 6) is -1.71. The first-order valence-corrected chi connectivity index (χ1v) is 5.53. The van der Waals surface area contributed by atoms with E-state index in [-0.39, 0.29) is 12.3 Å². The van der Waals surface area contributed by atoms with Crippen LogP contribution < -0.4 is 0 Å². The van der Waals surface area contributed by atoms with Crippen LogP contribution in [0.1, 0.15) is 11.7 Å². The summed E-state index contributed by atoms with van der Waals surface area (Å²) in [6.07, 6.45) is 0.691. The number of rotatable bonds is 5. The summed E-state index contributed by atoms with van der Waals surface area (Å²) >= 11 is 0. The average molecular weight is 265 g/mol. The number of carboxylic acids is 1. The number of aliphatic hydroxyl groups excluding tert-OH is 1. The molecule has 1 aromatic carbocycles. The van der Waals surface area contributed by atoms with Crippen LogP contribution in [0.3, 0.4) is 0 Å². The molecule has 0 saturated carbocycles. The van der Waals surface area contributed by atoms with Gasteiger partial charge in [-0.25, -0.2) is 4.79 Å². The number of hydrogen-bond donors (Lipinski definition) is 3. The van der Waals surface area contributed by atoms with Crippen LogP contribution in [0.15, 0.2) is 36.4 Å². The predicted molar refractivity (Wildman–Crippen MR) is 67.5 cm³/mol. The maximum atomic E-state index is 11.5. The molecule has 0 bridgehead atoms. The van der Waals surface area contributed by atoms with E-state index >= 15 is 0 Å². The van der Waals surface area contributed by atoms with E-state index in [2.05, 4.69) is 0 Å². The third kappa shape index (κ3) is 4.81. The van der Waals surface area contributed by atoms with Crippen molar-refractivity contribution in [2.75, 3.05) is 13.6 Å². The quantitative estimate of drug-likeness (QED) is 0.674. The third-order valence-corrected chi connectivity index (χ3v) is 2.45. The molecular formula is C13H15NO5. The zero-order valence-electron chi connectivity index (χ0n) is 10.4. The fourth-order valence-corrected chi connectivity index (χ4v) is 1.46. The number of amides is 1. The van der Waals surface area contributed by atoms with Gasteiger partial charge in [-0.2, -0.15) is 0 Å². The van der Waals surface area contributed by atoms with Crippen molar-refractivity contribution in [3.63, 3.8) is 0 Å². The van der Waals surface area contributed by atoms with Gasteiger partial charge in [0.15, 0.2) is 0 Å². The van der Waals surface area contributed by atoms with Gasteiger partial charge in [0, 0.05) is 19.2 Å². The Kier molecular flexibility index (Phi) is 5.08. The summed E-state index contributed by atoms with van der Waals surface area (Å²) in [6.45, 7) is -0.00769. The van der Waals surface area contributed by atoms with Gasteiger partial charge in [0.05, 0.1) is 12.6 Å². The molecule has 6 heteroatoms. The van der Waals surface area contributed by atoms with Gasteiger partial charge >= 0.3 is 5.97 Å². The smallest absolute Gasteiger partial charge is 0.328 e. The topological polar surface area (TPSA) is 98.1 Å². The second-order valence-electron chi connectivity index (χ2n) is 4.00. The number of hydrogen-bond acceptors (Lipinski definition) is 4. The minimum Gasteiger partial charge on any atom is -0.508 e. The van der Waals surface area contributed by atoms with Crippen molar-refractivity contribution in [2.24, 2.45) is 0 Å². The van der Waals surface area contributed by atoms with E-state index < -0.39 is 18.0 Å². The zero-order chi connectivity index (χ0) is 14.4. The fourth-order valence-electron chi connectivity index (χ4n) is 1.46. The van der Waals surface area contributed by atoms with Crippen LogP contribution in [0.4, 0.5) is 0 Å². The molecule has 6 nitrogen and oxygen atoms in total. The van der Waals surface area contributed by atoms with Gasteiger partial charge in [-0.1, -0.05) is 12.1 Å². The number of likely N-dealkylation sites (N-methyl/N-ethyl adjacent to an activating group) is 1. The van der Waals surface area contributed by atoms with Gasteiger partial charge in [0.25, 0.3) is 0 Å². The molecule has 0 spiro atoms. The van der Waals surface area contributed by atoms with Gasteiger partial charge in [-0.3, -0.25) is 4.79 Å². The molecule has 0 aliphatic carbocycles. The lowest BCUT2D eigenvalue weighted by Crippen LogP contribution is -2.29. The number of aliphatic hydroxyl groups is 1. The Balaban J connectivity index is 2.63. The zero-order valence-corrected chi connectivity index (χ0v) is 10.4. The predicted octanol–water partition coefficient (Wildman–Crippen LogP) is 0.525. The molecule has 0 heterocycles. The molecule has 102 valence electrons. The molecule has 0 radical (unpaired) electrons. The number of phenols is 1. The molecule has 19 heavy (non-hydrogen) atoms. The Labute approximate surface area is 110 Å². The summed E-state index contributed by atoms with van der Waals surface area (Å²) < 4.78 is 0. The van der Waals surface area contributed by atoms with E-state index in [9.17, 15) is 19.8 Å². The highest BCUT2D eigenvalue weighted by Gasteiger charge is 2.14. The van der Waals surface area contributed by atoms with Crippen LogP contribution in [0.5, 0.6) is 5.75 Å². The third-order valence-electron chi connectivity index (χ3n) is 2.45. The Bertz CT molecular complexity index is 498. The minimum atomic E-state index is -1.21.